The number of piperidine rings is 2. The van der Waals surface area contributed by atoms with Crippen LogP contribution in [0.25, 0.3) is 0 Å². The van der Waals surface area contributed by atoms with Gasteiger partial charge in [-0.25, -0.2) is 0 Å². The van der Waals surface area contributed by atoms with Crippen molar-refractivity contribution in [1.29, 1.82) is 0 Å². The topological polar surface area (TPSA) is 43.8 Å². The summed E-state index contributed by atoms with van der Waals surface area (Å²) in [6.07, 6.45) is 6.82. The number of aliphatic hydroxyl groups excluding tert-OH is 1. The van der Waals surface area contributed by atoms with Gasteiger partial charge in [0.25, 0.3) is 0 Å². The van der Waals surface area contributed by atoms with E-state index in [1.165, 1.54) is 6.42 Å². The third-order valence-electron chi connectivity index (χ3n) is 5.10. The lowest BCUT2D eigenvalue weighted by Gasteiger charge is -2.41. The summed E-state index contributed by atoms with van der Waals surface area (Å²) < 4.78 is 0. The first-order valence-corrected chi connectivity index (χ1v) is 8.32. The SMILES string of the molecule is CCC1CCCCN1C(=O)C(C)N1CCCC(CO)C1. The van der Waals surface area contributed by atoms with E-state index in [-0.39, 0.29) is 12.6 Å². The molecule has 1 N–H and O–H groups in total. The molecule has 0 spiro atoms. The smallest absolute Gasteiger partial charge is 0.239 e. The molecule has 2 aliphatic heterocycles. The summed E-state index contributed by atoms with van der Waals surface area (Å²) in [4.78, 5) is 17.2. The van der Waals surface area contributed by atoms with Gasteiger partial charge in [-0.15, -0.1) is 0 Å². The summed E-state index contributed by atoms with van der Waals surface area (Å²) in [6, 6.07) is 0.411. The zero-order valence-corrected chi connectivity index (χ0v) is 13.1. The molecule has 116 valence electrons. The third kappa shape index (κ3) is 3.53. The van der Waals surface area contributed by atoms with Gasteiger partial charge in [-0.1, -0.05) is 6.92 Å². The summed E-state index contributed by atoms with van der Waals surface area (Å²) in [5, 5.41) is 9.34. The highest BCUT2D eigenvalue weighted by Crippen LogP contribution is 2.23. The predicted octanol–water partition coefficient (Wildman–Crippen LogP) is 1.87. The summed E-state index contributed by atoms with van der Waals surface area (Å²) in [5.74, 6) is 0.650. The Hall–Kier alpha value is -0.610. The maximum absolute atomic E-state index is 12.8. The van der Waals surface area contributed by atoms with Gasteiger partial charge in [-0.3, -0.25) is 9.69 Å². The highest BCUT2D eigenvalue weighted by Gasteiger charge is 2.33. The van der Waals surface area contributed by atoms with Crippen molar-refractivity contribution < 1.29 is 9.90 Å². The molecule has 4 nitrogen and oxygen atoms in total. The number of hydrogen-bond acceptors (Lipinski definition) is 3. The molecular weight excluding hydrogens is 252 g/mol. The van der Waals surface area contributed by atoms with E-state index in [1.54, 1.807) is 0 Å². The molecule has 2 aliphatic rings. The molecule has 0 radical (unpaired) electrons. The van der Waals surface area contributed by atoms with E-state index in [0.717, 1.165) is 51.7 Å². The molecule has 0 aromatic heterocycles. The number of nitrogens with zero attached hydrogens (tertiary/aromatic N) is 2. The Kier molecular flexibility index (Phi) is 5.85. The third-order valence-corrected chi connectivity index (χ3v) is 5.10. The zero-order valence-electron chi connectivity index (χ0n) is 13.1. The Morgan fingerprint density at radius 2 is 2.05 bits per heavy atom. The van der Waals surface area contributed by atoms with Gasteiger partial charge in [0.2, 0.25) is 5.91 Å². The second kappa shape index (κ2) is 7.41. The Labute approximate surface area is 123 Å². The predicted molar refractivity (Wildman–Crippen MR) is 80.5 cm³/mol. The van der Waals surface area contributed by atoms with Crippen LogP contribution in [-0.4, -0.2) is 59.1 Å². The molecule has 1 amide bonds. The van der Waals surface area contributed by atoms with Gasteiger partial charge >= 0.3 is 0 Å². The van der Waals surface area contributed by atoms with Crippen LogP contribution in [0.15, 0.2) is 0 Å². The molecule has 2 fully saturated rings. The van der Waals surface area contributed by atoms with Gasteiger partial charge < -0.3 is 10.0 Å². The Morgan fingerprint density at radius 3 is 2.75 bits per heavy atom. The van der Waals surface area contributed by atoms with E-state index in [9.17, 15) is 9.90 Å². The van der Waals surface area contributed by atoms with E-state index in [0.29, 0.717) is 17.9 Å². The zero-order chi connectivity index (χ0) is 14.5. The standard InChI is InChI=1S/C16H30N2O2/c1-3-15-8-4-5-10-18(15)16(20)13(2)17-9-6-7-14(11-17)12-19/h13-15,19H,3-12H2,1-2H3. The lowest BCUT2D eigenvalue weighted by Crippen LogP contribution is -2.54. The molecule has 20 heavy (non-hydrogen) atoms. The largest absolute Gasteiger partial charge is 0.396 e. The molecule has 2 saturated heterocycles. The van der Waals surface area contributed by atoms with Crippen LogP contribution >= 0.6 is 0 Å². The molecule has 3 atom stereocenters. The van der Waals surface area contributed by atoms with Crippen LogP contribution in [0.1, 0.15) is 52.4 Å². The molecule has 2 heterocycles. The second-order valence-corrected chi connectivity index (χ2v) is 6.45. The summed E-state index contributed by atoms with van der Waals surface area (Å²) >= 11 is 0. The lowest BCUT2D eigenvalue weighted by molar-refractivity contribution is -0.141. The van der Waals surface area contributed by atoms with E-state index >= 15 is 0 Å². The molecule has 0 saturated carbocycles. The molecule has 0 aromatic rings. The molecule has 3 unspecified atom stereocenters. The first-order chi connectivity index (χ1) is 9.67. The van der Waals surface area contributed by atoms with Crippen molar-refractivity contribution in [2.75, 3.05) is 26.2 Å². The van der Waals surface area contributed by atoms with Crippen molar-refractivity contribution in [2.45, 2.75) is 64.5 Å². The number of carbonyl (C=O) groups excluding carboxylic acids is 1. The van der Waals surface area contributed by atoms with Gasteiger partial charge in [-0.2, -0.15) is 0 Å². The monoisotopic (exact) mass is 282 g/mol. The normalized spacial score (nSPS) is 30.2. The van der Waals surface area contributed by atoms with Gasteiger partial charge in [0.05, 0.1) is 6.04 Å². The van der Waals surface area contributed by atoms with Crippen molar-refractivity contribution >= 4 is 5.91 Å². The summed E-state index contributed by atoms with van der Waals surface area (Å²) in [7, 11) is 0. The summed E-state index contributed by atoms with van der Waals surface area (Å²) in [5.41, 5.74) is 0. The molecule has 2 rings (SSSR count). The van der Waals surface area contributed by atoms with Crippen LogP contribution in [0.3, 0.4) is 0 Å². The number of hydrogen-bond donors (Lipinski definition) is 1. The Morgan fingerprint density at radius 1 is 1.25 bits per heavy atom. The average molecular weight is 282 g/mol. The van der Waals surface area contributed by atoms with Crippen LogP contribution in [0.4, 0.5) is 0 Å². The van der Waals surface area contributed by atoms with Crippen LogP contribution in [-0.2, 0) is 4.79 Å². The van der Waals surface area contributed by atoms with Crippen LogP contribution < -0.4 is 0 Å². The number of amides is 1. The second-order valence-electron chi connectivity index (χ2n) is 6.45. The molecule has 0 aromatic carbocycles. The van der Waals surface area contributed by atoms with Crippen LogP contribution in [0.5, 0.6) is 0 Å². The average Bonchev–Trinajstić information content (AvgIpc) is 2.53. The van der Waals surface area contributed by atoms with Gasteiger partial charge in [0.15, 0.2) is 0 Å². The Bertz CT molecular complexity index is 322. The van der Waals surface area contributed by atoms with E-state index in [4.69, 9.17) is 0 Å². The van der Waals surface area contributed by atoms with Crippen molar-refractivity contribution in [3.8, 4) is 0 Å². The number of carbonyl (C=O) groups is 1. The fourth-order valence-electron chi connectivity index (χ4n) is 3.71. The first kappa shape index (κ1) is 15.8. The minimum absolute atomic E-state index is 0.0310. The van der Waals surface area contributed by atoms with Gasteiger partial charge in [-0.05, 0) is 57.9 Å². The Balaban J connectivity index is 1.96. The highest BCUT2D eigenvalue weighted by molar-refractivity contribution is 5.82. The lowest BCUT2D eigenvalue weighted by atomic mass is 9.96. The van der Waals surface area contributed by atoms with Crippen molar-refractivity contribution in [3.63, 3.8) is 0 Å². The fraction of sp³-hybridized carbons (Fsp3) is 0.938. The first-order valence-electron chi connectivity index (χ1n) is 8.32. The van der Waals surface area contributed by atoms with E-state index < -0.39 is 0 Å². The minimum atomic E-state index is -0.0310. The molecular formula is C16H30N2O2. The van der Waals surface area contributed by atoms with Crippen LogP contribution in [0.2, 0.25) is 0 Å². The van der Waals surface area contributed by atoms with Crippen molar-refractivity contribution in [1.82, 2.24) is 9.80 Å². The molecule has 4 heteroatoms. The maximum Gasteiger partial charge on any atom is 0.239 e. The van der Waals surface area contributed by atoms with Crippen molar-refractivity contribution in [3.05, 3.63) is 0 Å². The van der Waals surface area contributed by atoms with E-state index in [2.05, 4.69) is 16.7 Å². The fourth-order valence-corrected chi connectivity index (χ4v) is 3.71. The maximum atomic E-state index is 12.8. The van der Waals surface area contributed by atoms with E-state index in [1.807, 2.05) is 6.92 Å². The summed E-state index contributed by atoms with van der Waals surface area (Å²) in [6.45, 7) is 7.27. The quantitative estimate of drug-likeness (QED) is 0.856. The minimum Gasteiger partial charge on any atom is -0.396 e. The highest BCUT2D eigenvalue weighted by atomic mass is 16.3. The van der Waals surface area contributed by atoms with Gasteiger partial charge in [0.1, 0.15) is 0 Å². The van der Waals surface area contributed by atoms with Gasteiger partial charge in [0, 0.05) is 25.7 Å². The van der Waals surface area contributed by atoms with Crippen LogP contribution in [0, 0.1) is 5.92 Å². The van der Waals surface area contributed by atoms with Crippen molar-refractivity contribution in [2.24, 2.45) is 5.92 Å². The number of aliphatic hydroxyl groups is 1. The molecule has 0 bridgehead atoms. The molecule has 0 aliphatic carbocycles. The number of rotatable bonds is 4. The number of likely N-dealkylation sites (tertiary alicyclic amines) is 2.